The normalized spacial score (nSPS) is 11.1. The lowest BCUT2D eigenvalue weighted by Gasteiger charge is -2.12. The van der Waals surface area contributed by atoms with Gasteiger partial charge in [-0.1, -0.05) is 13.8 Å². The lowest BCUT2D eigenvalue weighted by atomic mass is 10.1. The van der Waals surface area contributed by atoms with Crippen molar-refractivity contribution in [2.75, 3.05) is 19.8 Å². The molecule has 2 nitrogen and oxygen atoms in total. The van der Waals surface area contributed by atoms with Crippen molar-refractivity contribution in [2.45, 2.75) is 26.1 Å². The third kappa shape index (κ3) is 6.48. The standard InChI is InChI=1S/C14H19Br2ClO2/c1-10(2)3-4-18-5-6-19-14-12(15)7-11(9-17)8-13(14)16/h7-8,10H,3-6,9H2,1-2H3. The molecule has 1 rings (SSSR count). The van der Waals surface area contributed by atoms with Crippen LogP contribution in [0.3, 0.4) is 0 Å². The maximum Gasteiger partial charge on any atom is 0.147 e. The largest absolute Gasteiger partial charge is 0.489 e. The van der Waals surface area contributed by atoms with Crippen molar-refractivity contribution < 1.29 is 9.47 Å². The Kier molecular flexibility index (Phi) is 8.38. The Balaban J connectivity index is 2.37. The summed E-state index contributed by atoms with van der Waals surface area (Å²) in [6.07, 6.45) is 1.08. The van der Waals surface area contributed by atoms with E-state index < -0.39 is 0 Å². The smallest absolute Gasteiger partial charge is 0.147 e. The summed E-state index contributed by atoms with van der Waals surface area (Å²) in [5.41, 5.74) is 1.04. The topological polar surface area (TPSA) is 18.5 Å². The zero-order valence-corrected chi connectivity index (χ0v) is 15.1. The van der Waals surface area contributed by atoms with Gasteiger partial charge >= 0.3 is 0 Å². The molecule has 0 aliphatic carbocycles. The summed E-state index contributed by atoms with van der Waals surface area (Å²) in [6.45, 7) is 6.30. The molecule has 0 atom stereocenters. The van der Waals surface area contributed by atoms with Crippen LogP contribution in [-0.2, 0) is 10.6 Å². The van der Waals surface area contributed by atoms with Gasteiger partial charge in [0.25, 0.3) is 0 Å². The number of ether oxygens (including phenoxy) is 2. The summed E-state index contributed by atoms with van der Waals surface area (Å²) in [4.78, 5) is 0. The number of hydrogen-bond donors (Lipinski definition) is 0. The first-order valence-corrected chi connectivity index (χ1v) is 8.41. The first-order valence-electron chi connectivity index (χ1n) is 6.29. The lowest BCUT2D eigenvalue weighted by Crippen LogP contribution is -2.09. The molecule has 0 amide bonds. The van der Waals surface area contributed by atoms with Crippen molar-refractivity contribution >= 4 is 43.5 Å². The van der Waals surface area contributed by atoms with E-state index in [1.165, 1.54) is 0 Å². The van der Waals surface area contributed by atoms with Gasteiger partial charge in [-0.25, -0.2) is 0 Å². The second-order valence-electron chi connectivity index (χ2n) is 4.67. The van der Waals surface area contributed by atoms with Crippen LogP contribution in [0.1, 0.15) is 25.8 Å². The van der Waals surface area contributed by atoms with Crippen LogP contribution in [-0.4, -0.2) is 19.8 Å². The second kappa shape index (κ2) is 9.22. The monoisotopic (exact) mass is 412 g/mol. The zero-order valence-electron chi connectivity index (χ0n) is 11.2. The van der Waals surface area contributed by atoms with E-state index in [4.69, 9.17) is 21.1 Å². The molecule has 0 unspecified atom stereocenters. The van der Waals surface area contributed by atoms with Gasteiger partial charge < -0.3 is 9.47 Å². The molecule has 0 spiro atoms. The maximum atomic E-state index is 5.81. The molecule has 1 aromatic carbocycles. The van der Waals surface area contributed by atoms with Crippen molar-refractivity contribution in [3.8, 4) is 5.75 Å². The Labute approximate surface area is 137 Å². The van der Waals surface area contributed by atoms with E-state index in [0.717, 1.165) is 33.3 Å². The third-order valence-electron chi connectivity index (χ3n) is 2.53. The molecule has 5 heteroatoms. The molecule has 0 heterocycles. The van der Waals surface area contributed by atoms with Gasteiger partial charge in [0.05, 0.1) is 15.6 Å². The minimum atomic E-state index is 0.482. The SMILES string of the molecule is CC(C)CCOCCOc1c(Br)cc(CCl)cc1Br. The molecule has 0 saturated heterocycles. The van der Waals surface area contributed by atoms with Gasteiger partial charge in [-0.2, -0.15) is 0 Å². The van der Waals surface area contributed by atoms with E-state index in [9.17, 15) is 0 Å². The molecular formula is C14H19Br2ClO2. The maximum absolute atomic E-state index is 5.81. The molecule has 1 aromatic rings. The molecule has 0 fully saturated rings. The van der Waals surface area contributed by atoms with Gasteiger partial charge in [0.15, 0.2) is 0 Å². The lowest BCUT2D eigenvalue weighted by molar-refractivity contribution is 0.0921. The number of benzene rings is 1. The van der Waals surface area contributed by atoms with Crippen molar-refractivity contribution in [2.24, 2.45) is 5.92 Å². The summed E-state index contributed by atoms with van der Waals surface area (Å²) >= 11 is 12.8. The van der Waals surface area contributed by atoms with E-state index in [-0.39, 0.29) is 0 Å². The molecule has 19 heavy (non-hydrogen) atoms. The van der Waals surface area contributed by atoms with Crippen molar-refractivity contribution in [1.82, 2.24) is 0 Å². The number of rotatable bonds is 8. The van der Waals surface area contributed by atoms with Gasteiger partial charge in [-0.05, 0) is 61.9 Å². The molecule has 0 saturated carbocycles. The van der Waals surface area contributed by atoms with Crippen LogP contribution in [0.4, 0.5) is 0 Å². The predicted octanol–water partition coefficient (Wildman–Crippen LogP) is 5.39. The van der Waals surface area contributed by atoms with Crippen LogP contribution in [0.2, 0.25) is 0 Å². The summed E-state index contributed by atoms with van der Waals surface area (Å²) in [6, 6.07) is 3.93. The fraction of sp³-hybridized carbons (Fsp3) is 0.571. The van der Waals surface area contributed by atoms with Gasteiger partial charge in [-0.15, -0.1) is 11.6 Å². The number of alkyl halides is 1. The van der Waals surface area contributed by atoms with Crippen LogP contribution in [0.5, 0.6) is 5.75 Å². The second-order valence-corrected chi connectivity index (χ2v) is 6.64. The Morgan fingerprint density at radius 2 is 1.74 bits per heavy atom. The average Bonchev–Trinajstić information content (AvgIpc) is 2.35. The van der Waals surface area contributed by atoms with Crippen LogP contribution in [0.25, 0.3) is 0 Å². The molecule has 0 bridgehead atoms. The Morgan fingerprint density at radius 3 is 2.26 bits per heavy atom. The van der Waals surface area contributed by atoms with Gasteiger partial charge in [0.2, 0.25) is 0 Å². The quantitative estimate of drug-likeness (QED) is 0.419. The highest BCUT2D eigenvalue weighted by atomic mass is 79.9. The molecular weight excluding hydrogens is 395 g/mol. The summed E-state index contributed by atoms with van der Waals surface area (Å²) < 4.78 is 13.0. The summed E-state index contributed by atoms with van der Waals surface area (Å²) in [7, 11) is 0. The van der Waals surface area contributed by atoms with Crippen molar-refractivity contribution in [3.05, 3.63) is 26.6 Å². The highest BCUT2D eigenvalue weighted by molar-refractivity contribution is 9.11. The summed E-state index contributed by atoms with van der Waals surface area (Å²) in [5, 5.41) is 0. The van der Waals surface area contributed by atoms with E-state index in [1.807, 2.05) is 12.1 Å². The van der Waals surface area contributed by atoms with Crippen molar-refractivity contribution in [3.63, 3.8) is 0 Å². The predicted molar refractivity (Wildman–Crippen MR) is 87.2 cm³/mol. The molecule has 0 radical (unpaired) electrons. The fourth-order valence-electron chi connectivity index (χ4n) is 1.45. The Hall–Kier alpha value is 0.230. The molecule has 0 aliphatic heterocycles. The highest BCUT2D eigenvalue weighted by Gasteiger charge is 2.08. The summed E-state index contributed by atoms with van der Waals surface area (Å²) in [5.74, 6) is 1.95. The minimum Gasteiger partial charge on any atom is -0.489 e. The van der Waals surface area contributed by atoms with E-state index in [2.05, 4.69) is 45.7 Å². The number of halogens is 3. The molecule has 0 aromatic heterocycles. The fourth-order valence-corrected chi connectivity index (χ4v) is 3.12. The van der Waals surface area contributed by atoms with Crippen LogP contribution in [0, 0.1) is 5.92 Å². The first kappa shape index (κ1) is 17.3. The van der Waals surface area contributed by atoms with Crippen LogP contribution >= 0.6 is 43.5 Å². The van der Waals surface area contributed by atoms with Crippen molar-refractivity contribution in [1.29, 1.82) is 0 Å². The third-order valence-corrected chi connectivity index (χ3v) is 4.01. The highest BCUT2D eigenvalue weighted by Crippen LogP contribution is 2.35. The molecule has 0 N–H and O–H groups in total. The van der Waals surface area contributed by atoms with Crippen LogP contribution < -0.4 is 4.74 Å². The van der Waals surface area contributed by atoms with E-state index >= 15 is 0 Å². The van der Waals surface area contributed by atoms with Gasteiger partial charge in [-0.3, -0.25) is 0 Å². The Morgan fingerprint density at radius 1 is 1.11 bits per heavy atom. The van der Waals surface area contributed by atoms with Gasteiger partial charge in [0, 0.05) is 12.5 Å². The average molecular weight is 415 g/mol. The van der Waals surface area contributed by atoms with E-state index in [1.54, 1.807) is 0 Å². The van der Waals surface area contributed by atoms with Crippen LogP contribution in [0.15, 0.2) is 21.1 Å². The zero-order chi connectivity index (χ0) is 14.3. The first-order chi connectivity index (χ1) is 9.04. The number of hydrogen-bond acceptors (Lipinski definition) is 2. The van der Waals surface area contributed by atoms with E-state index in [0.29, 0.717) is 25.0 Å². The Bertz CT molecular complexity index is 374. The minimum absolute atomic E-state index is 0.482. The van der Waals surface area contributed by atoms with Gasteiger partial charge in [0.1, 0.15) is 12.4 Å². The molecule has 108 valence electrons. The molecule has 0 aliphatic rings.